The normalized spacial score (nSPS) is 12.2. The third kappa shape index (κ3) is 8.57. The van der Waals surface area contributed by atoms with Gasteiger partial charge in [-0.3, -0.25) is 29.5 Å². The second-order valence-electron chi connectivity index (χ2n) is 8.79. The lowest BCUT2D eigenvalue weighted by atomic mass is 10.0. The minimum Gasteiger partial charge on any atom is -0.466 e. The van der Waals surface area contributed by atoms with Crippen LogP contribution in [0.3, 0.4) is 0 Å². The number of pyridine rings is 1. The van der Waals surface area contributed by atoms with Crippen LogP contribution in [0.15, 0.2) is 41.3 Å². The third-order valence-electron chi connectivity index (χ3n) is 5.74. The Hall–Kier alpha value is -4.38. The number of nitrogens with zero attached hydrogens (tertiary/aromatic N) is 2. The maximum Gasteiger partial charge on any atom is 0.323 e. The molecule has 2 aromatic heterocycles. The lowest BCUT2D eigenvalue weighted by molar-refractivity contribution is -0.147. The van der Waals surface area contributed by atoms with Gasteiger partial charge >= 0.3 is 11.9 Å². The highest BCUT2D eigenvalue weighted by Gasteiger charge is 2.21. The van der Waals surface area contributed by atoms with Gasteiger partial charge in [-0.25, -0.2) is 4.98 Å². The molecule has 0 aliphatic rings. The highest BCUT2D eigenvalue weighted by atomic mass is 16.5. The van der Waals surface area contributed by atoms with Crippen LogP contribution in [-0.2, 0) is 30.4 Å². The molecule has 0 aliphatic heterocycles. The fourth-order valence-electron chi connectivity index (χ4n) is 3.84. The summed E-state index contributed by atoms with van der Waals surface area (Å²) in [6.07, 6.45) is 3.92. The predicted molar refractivity (Wildman–Crippen MR) is 148 cm³/mol. The van der Waals surface area contributed by atoms with Crippen LogP contribution in [0, 0.1) is 0 Å². The Morgan fingerprint density at radius 2 is 1.79 bits per heavy atom. The predicted octanol–water partition coefficient (Wildman–Crippen LogP) is 3.20. The second-order valence-corrected chi connectivity index (χ2v) is 8.79. The molecule has 1 aromatic carbocycles. The Labute approximate surface area is 226 Å². The largest absolute Gasteiger partial charge is 0.466 e. The number of benzene rings is 1. The first-order chi connectivity index (χ1) is 18.7. The van der Waals surface area contributed by atoms with Crippen LogP contribution in [0.5, 0.6) is 0 Å². The fourth-order valence-corrected chi connectivity index (χ4v) is 3.84. The number of nitrogens with one attached hydrogen (secondary N) is 3. The van der Waals surface area contributed by atoms with E-state index in [1.807, 2.05) is 37.3 Å². The van der Waals surface area contributed by atoms with Crippen molar-refractivity contribution in [3.8, 4) is 0 Å². The quantitative estimate of drug-likeness (QED) is 0.297. The van der Waals surface area contributed by atoms with Gasteiger partial charge < -0.3 is 14.8 Å². The molecule has 0 radical (unpaired) electrons. The Morgan fingerprint density at radius 1 is 1.08 bits per heavy atom. The number of carbonyl (C=O) groups excluding carboxylic acids is 3. The number of hydrogen-bond acceptors (Lipinski definition) is 9. The molecule has 0 aliphatic carbocycles. The smallest absolute Gasteiger partial charge is 0.323 e. The van der Waals surface area contributed by atoms with Crippen molar-refractivity contribution < 1.29 is 23.9 Å². The number of allylic oxidation sites excluding steroid dienone is 1. The molecule has 1 amide bonds. The number of amides is 1. The van der Waals surface area contributed by atoms with Crippen LogP contribution in [0.25, 0.3) is 22.7 Å². The molecule has 11 nitrogen and oxygen atoms in total. The molecule has 0 unspecified atom stereocenters. The summed E-state index contributed by atoms with van der Waals surface area (Å²) < 4.78 is 10.1. The van der Waals surface area contributed by atoms with E-state index in [1.165, 1.54) is 6.92 Å². The van der Waals surface area contributed by atoms with Crippen molar-refractivity contribution in [2.75, 3.05) is 18.5 Å². The van der Waals surface area contributed by atoms with Crippen molar-refractivity contribution in [1.82, 2.24) is 20.3 Å². The molecular weight excluding hydrogens is 502 g/mol. The Balaban J connectivity index is 1.68. The lowest BCUT2D eigenvalue weighted by Crippen LogP contribution is -2.38. The highest BCUT2D eigenvalue weighted by Crippen LogP contribution is 2.20. The third-order valence-corrected chi connectivity index (χ3v) is 5.74. The Bertz CT molecular complexity index is 1410. The number of ether oxygens (including phenoxy) is 2. The summed E-state index contributed by atoms with van der Waals surface area (Å²) in [5.41, 5.74) is 3.44. The van der Waals surface area contributed by atoms with Crippen molar-refractivity contribution >= 4 is 46.5 Å². The molecule has 0 saturated carbocycles. The SMILES string of the molecule is CCOC(=O)CC[C@H](NCc1ccc(C(C)=Cc2cnc3nc(NC(C)=O)[nH]c(=O)c3c2)cc1)C(=O)OCC. The Kier molecular flexibility index (Phi) is 10.4. The number of aromatic amines is 1. The van der Waals surface area contributed by atoms with Crippen LogP contribution in [0.2, 0.25) is 0 Å². The zero-order valence-electron chi connectivity index (χ0n) is 22.5. The fraction of sp³-hybridized carbons (Fsp3) is 0.357. The topological polar surface area (TPSA) is 152 Å². The molecule has 0 saturated heterocycles. The van der Waals surface area contributed by atoms with Gasteiger partial charge in [0.2, 0.25) is 11.9 Å². The number of aromatic nitrogens is 3. The first kappa shape index (κ1) is 29.2. The summed E-state index contributed by atoms with van der Waals surface area (Å²) in [5.74, 6) is -1.05. The molecule has 11 heteroatoms. The number of esters is 2. The molecule has 3 aromatic rings. The van der Waals surface area contributed by atoms with Gasteiger partial charge in [0.05, 0.1) is 18.6 Å². The number of hydrogen-bond donors (Lipinski definition) is 3. The summed E-state index contributed by atoms with van der Waals surface area (Å²) in [7, 11) is 0. The van der Waals surface area contributed by atoms with Gasteiger partial charge in [0.25, 0.3) is 5.56 Å². The molecule has 3 rings (SSSR count). The first-order valence-electron chi connectivity index (χ1n) is 12.7. The van der Waals surface area contributed by atoms with Gasteiger partial charge in [0, 0.05) is 26.1 Å². The number of anilines is 1. The molecule has 0 fully saturated rings. The van der Waals surface area contributed by atoms with Gasteiger partial charge in [0.15, 0.2) is 5.65 Å². The van der Waals surface area contributed by atoms with E-state index in [4.69, 9.17) is 9.47 Å². The van der Waals surface area contributed by atoms with E-state index >= 15 is 0 Å². The first-order valence-corrected chi connectivity index (χ1v) is 12.7. The maximum absolute atomic E-state index is 12.5. The Morgan fingerprint density at radius 3 is 2.46 bits per heavy atom. The zero-order chi connectivity index (χ0) is 28.4. The van der Waals surface area contributed by atoms with Crippen LogP contribution in [0.1, 0.15) is 57.2 Å². The maximum atomic E-state index is 12.5. The average molecular weight is 536 g/mol. The molecule has 39 heavy (non-hydrogen) atoms. The van der Waals surface area contributed by atoms with E-state index in [0.717, 1.165) is 22.3 Å². The number of rotatable bonds is 12. The van der Waals surface area contributed by atoms with Gasteiger partial charge in [-0.05, 0) is 61.6 Å². The molecule has 3 N–H and O–H groups in total. The molecule has 206 valence electrons. The van der Waals surface area contributed by atoms with Crippen molar-refractivity contribution in [2.45, 2.75) is 53.1 Å². The summed E-state index contributed by atoms with van der Waals surface area (Å²) >= 11 is 0. The van der Waals surface area contributed by atoms with Crippen molar-refractivity contribution in [3.63, 3.8) is 0 Å². The van der Waals surface area contributed by atoms with Crippen molar-refractivity contribution in [2.24, 2.45) is 0 Å². The molecular formula is C28H33N5O6. The second kappa shape index (κ2) is 14.0. The van der Waals surface area contributed by atoms with Crippen LogP contribution < -0.4 is 16.2 Å². The number of fused-ring (bicyclic) bond motifs is 1. The van der Waals surface area contributed by atoms with E-state index in [1.54, 1.807) is 26.1 Å². The van der Waals surface area contributed by atoms with E-state index in [2.05, 4.69) is 25.6 Å². The van der Waals surface area contributed by atoms with E-state index in [9.17, 15) is 19.2 Å². The standard InChI is InChI=1S/C28H33N5O6/c1-5-38-24(35)12-11-23(27(37)39-6-2)29-15-19-7-9-21(10-8-19)17(3)13-20-14-22-25(30-16-20)32-28(31-18(4)34)33-26(22)36/h7-10,13-14,16,23,29H,5-6,11-12,15H2,1-4H3,(H2,30,31,32,33,34,36)/t23-/m0/s1. The zero-order valence-corrected chi connectivity index (χ0v) is 22.5. The highest BCUT2D eigenvalue weighted by molar-refractivity contribution is 5.88. The molecule has 2 heterocycles. The lowest BCUT2D eigenvalue weighted by Gasteiger charge is -2.17. The van der Waals surface area contributed by atoms with Crippen LogP contribution in [0.4, 0.5) is 5.95 Å². The minimum absolute atomic E-state index is 0.0501. The monoisotopic (exact) mass is 535 g/mol. The van der Waals surface area contributed by atoms with Gasteiger partial charge in [-0.1, -0.05) is 24.3 Å². The average Bonchev–Trinajstić information content (AvgIpc) is 2.89. The summed E-state index contributed by atoms with van der Waals surface area (Å²) in [6.45, 7) is 7.72. The summed E-state index contributed by atoms with van der Waals surface area (Å²) in [5, 5.41) is 5.94. The van der Waals surface area contributed by atoms with Gasteiger partial charge in [-0.15, -0.1) is 0 Å². The van der Waals surface area contributed by atoms with E-state index < -0.39 is 17.6 Å². The number of H-pyrrole nitrogens is 1. The summed E-state index contributed by atoms with van der Waals surface area (Å²) in [4.78, 5) is 58.7. The molecule has 0 bridgehead atoms. The van der Waals surface area contributed by atoms with E-state index in [-0.39, 0.29) is 42.9 Å². The molecule has 1 atom stereocenters. The van der Waals surface area contributed by atoms with Crippen LogP contribution in [-0.4, -0.2) is 52.1 Å². The molecule has 0 spiro atoms. The summed E-state index contributed by atoms with van der Waals surface area (Å²) in [6, 6.07) is 8.89. The minimum atomic E-state index is -0.622. The van der Waals surface area contributed by atoms with Crippen LogP contribution >= 0.6 is 0 Å². The van der Waals surface area contributed by atoms with Gasteiger partial charge in [-0.2, -0.15) is 4.98 Å². The number of carbonyl (C=O) groups is 3. The van der Waals surface area contributed by atoms with Crippen molar-refractivity contribution in [1.29, 1.82) is 0 Å². The van der Waals surface area contributed by atoms with Crippen molar-refractivity contribution in [3.05, 3.63) is 63.6 Å². The van der Waals surface area contributed by atoms with E-state index in [0.29, 0.717) is 18.5 Å². The van der Waals surface area contributed by atoms with Gasteiger partial charge in [0.1, 0.15) is 6.04 Å².